The molecule has 1 N–H and O–H groups in total. The highest BCUT2D eigenvalue weighted by molar-refractivity contribution is 5.86. The van der Waals surface area contributed by atoms with Crippen molar-refractivity contribution in [2.75, 3.05) is 0 Å². The Labute approximate surface area is 165 Å². The van der Waals surface area contributed by atoms with Crippen molar-refractivity contribution in [3.05, 3.63) is 35.5 Å². The van der Waals surface area contributed by atoms with Crippen molar-refractivity contribution in [3.8, 4) is 0 Å². The maximum atomic E-state index is 13.3. The molecule has 0 aromatic rings. The zero-order valence-corrected chi connectivity index (χ0v) is 16.9. The number of carboxylic acid groups (broad SMARTS) is 1. The molecule has 3 aliphatic rings. The van der Waals surface area contributed by atoms with Crippen LogP contribution in [0, 0.1) is 11.3 Å². The van der Waals surface area contributed by atoms with Crippen LogP contribution in [0.15, 0.2) is 35.5 Å². The van der Waals surface area contributed by atoms with Crippen molar-refractivity contribution in [2.24, 2.45) is 11.3 Å². The molecule has 3 rings (SSSR count). The zero-order chi connectivity index (χ0) is 20.7. The monoisotopic (exact) mass is 388 g/mol. The van der Waals surface area contributed by atoms with Crippen LogP contribution in [0.2, 0.25) is 0 Å². The number of hydrogen-bond donors (Lipinski definition) is 1. The number of carboxylic acids is 1. The van der Waals surface area contributed by atoms with Gasteiger partial charge in [-0.15, -0.1) is 0 Å². The quantitative estimate of drug-likeness (QED) is 0.342. The van der Waals surface area contributed by atoms with Gasteiger partial charge in [0.15, 0.2) is 0 Å². The van der Waals surface area contributed by atoms with Gasteiger partial charge in [0.25, 0.3) is 0 Å². The first kappa shape index (κ1) is 20.4. The number of carbonyl (C=O) groups is 3. The predicted octanol–water partition coefficient (Wildman–Crippen LogP) is 3.72. The van der Waals surface area contributed by atoms with Gasteiger partial charge in [0.2, 0.25) is 0 Å². The van der Waals surface area contributed by atoms with Crippen LogP contribution < -0.4 is 0 Å². The van der Waals surface area contributed by atoms with Gasteiger partial charge in [-0.25, -0.2) is 4.79 Å². The maximum Gasteiger partial charge on any atom is 0.331 e. The standard InChI is InChI=1S/C22H28O6/c1-14-7-11-21-12-9-17(22(21,13-8-14)27-16(3)23)20(4,28-19(21)26)10-5-6-15(2)18(24)25/h5-7,10,17H,8-9,11-13H2,1-4H3,(H,24,25)/b10-5+,15-6+/t17-,20-,21+,22+/m0/s1. The van der Waals surface area contributed by atoms with E-state index in [1.807, 2.05) is 13.8 Å². The van der Waals surface area contributed by atoms with E-state index in [-0.39, 0.29) is 17.5 Å². The second-order valence-electron chi connectivity index (χ2n) is 8.50. The van der Waals surface area contributed by atoms with Crippen molar-refractivity contribution in [2.45, 2.75) is 71.0 Å². The minimum absolute atomic E-state index is 0.185. The van der Waals surface area contributed by atoms with Crippen LogP contribution in [0.5, 0.6) is 0 Å². The van der Waals surface area contributed by atoms with E-state index in [9.17, 15) is 14.4 Å². The Morgan fingerprint density at radius 3 is 2.68 bits per heavy atom. The fourth-order valence-corrected chi connectivity index (χ4v) is 5.25. The number of ether oxygens (including phenoxy) is 2. The molecule has 28 heavy (non-hydrogen) atoms. The van der Waals surface area contributed by atoms with Crippen molar-refractivity contribution >= 4 is 17.9 Å². The molecule has 2 bridgehead atoms. The Balaban J connectivity index is 2.07. The molecule has 6 nitrogen and oxygen atoms in total. The number of cyclic esters (lactones) is 1. The normalized spacial score (nSPS) is 37.7. The lowest BCUT2D eigenvalue weighted by Gasteiger charge is -2.54. The molecule has 6 heteroatoms. The van der Waals surface area contributed by atoms with Gasteiger partial charge in [-0.05, 0) is 59.0 Å². The molecule has 0 spiro atoms. The number of carbonyl (C=O) groups excluding carboxylic acids is 2. The molecule has 0 radical (unpaired) electrons. The van der Waals surface area contributed by atoms with Crippen LogP contribution in [-0.4, -0.2) is 34.2 Å². The molecule has 152 valence electrons. The van der Waals surface area contributed by atoms with Gasteiger partial charge in [-0.1, -0.05) is 23.8 Å². The average molecular weight is 388 g/mol. The Hall–Kier alpha value is -2.37. The van der Waals surface area contributed by atoms with Crippen LogP contribution >= 0.6 is 0 Å². The highest BCUT2D eigenvalue weighted by Crippen LogP contribution is 2.65. The van der Waals surface area contributed by atoms with Crippen LogP contribution in [0.25, 0.3) is 0 Å². The molecule has 0 amide bonds. The number of hydrogen-bond acceptors (Lipinski definition) is 5. The molecule has 2 fully saturated rings. The zero-order valence-electron chi connectivity index (χ0n) is 16.9. The van der Waals surface area contributed by atoms with Gasteiger partial charge in [-0.3, -0.25) is 9.59 Å². The van der Waals surface area contributed by atoms with Crippen molar-refractivity contribution < 1.29 is 29.0 Å². The van der Waals surface area contributed by atoms with Crippen LogP contribution in [0.3, 0.4) is 0 Å². The molecule has 4 atom stereocenters. The summed E-state index contributed by atoms with van der Waals surface area (Å²) < 4.78 is 11.9. The summed E-state index contributed by atoms with van der Waals surface area (Å²) in [5.41, 5.74) is -1.35. The van der Waals surface area contributed by atoms with E-state index in [2.05, 4.69) is 6.08 Å². The summed E-state index contributed by atoms with van der Waals surface area (Å²) in [5, 5.41) is 9.03. The Bertz CT molecular complexity index is 806. The molecule has 1 saturated heterocycles. The topological polar surface area (TPSA) is 89.9 Å². The highest BCUT2D eigenvalue weighted by Gasteiger charge is 2.74. The minimum atomic E-state index is -1.00. The average Bonchev–Trinajstić information content (AvgIpc) is 2.77. The summed E-state index contributed by atoms with van der Waals surface area (Å²) in [6.45, 7) is 6.75. The van der Waals surface area contributed by atoms with E-state index in [1.165, 1.54) is 25.5 Å². The van der Waals surface area contributed by atoms with Gasteiger partial charge >= 0.3 is 17.9 Å². The second kappa shape index (κ2) is 6.90. The fraction of sp³-hybridized carbons (Fsp3) is 0.591. The first-order valence-electron chi connectivity index (χ1n) is 9.74. The van der Waals surface area contributed by atoms with E-state index < -0.39 is 28.6 Å². The largest absolute Gasteiger partial charge is 0.478 e. The van der Waals surface area contributed by atoms with Gasteiger partial charge in [0.05, 0.1) is 0 Å². The van der Waals surface area contributed by atoms with Crippen molar-refractivity contribution in [3.63, 3.8) is 0 Å². The van der Waals surface area contributed by atoms with Crippen molar-refractivity contribution in [1.82, 2.24) is 0 Å². The Morgan fingerprint density at radius 2 is 2.04 bits per heavy atom. The van der Waals surface area contributed by atoms with E-state index in [4.69, 9.17) is 14.6 Å². The van der Waals surface area contributed by atoms with Gasteiger partial charge in [0.1, 0.15) is 16.6 Å². The molecule has 1 saturated carbocycles. The van der Waals surface area contributed by atoms with E-state index >= 15 is 0 Å². The van der Waals surface area contributed by atoms with E-state index in [0.717, 1.165) is 6.42 Å². The number of rotatable bonds is 4. The summed E-state index contributed by atoms with van der Waals surface area (Å²) in [5.74, 6) is -1.91. The summed E-state index contributed by atoms with van der Waals surface area (Å²) in [4.78, 5) is 36.4. The van der Waals surface area contributed by atoms with Crippen LogP contribution in [-0.2, 0) is 23.9 Å². The second-order valence-corrected chi connectivity index (χ2v) is 8.50. The summed E-state index contributed by atoms with van der Waals surface area (Å²) in [6, 6.07) is 0. The number of allylic oxidation sites excluding steroid dienone is 4. The molecule has 1 aliphatic heterocycles. The SMILES string of the molecule is CC(=O)O[C@@]12CCC(C)=CC[C@]13CC[C@H]2[C@](C)(/C=C/C=C(\C)C(=O)O)OC3=O. The number of esters is 2. The fourth-order valence-electron chi connectivity index (χ4n) is 5.25. The van der Waals surface area contributed by atoms with Gasteiger partial charge in [-0.2, -0.15) is 0 Å². The third-order valence-corrected chi connectivity index (χ3v) is 6.75. The molecular formula is C22H28O6. The lowest BCUT2D eigenvalue weighted by atomic mass is 9.62. The van der Waals surface area contributed by atoms with Gasteiger partial charge < -0.3 is 14.6 Å². The summed E-state index contributed by atoms with van der Waals surface area (Å²) in [7, 11) is 0. The Morgan fingerprint density at radius 1 is 1.32 bits per heavy atom. The molecule has 1 heterocycles. The Kier molecular flexibility index (Phi) is 5.02. The van der Waals surface area contributed by atoms with Gasteiger partial charge in [0, 0.05) is 18.4 Å². The first-order chi connectivity index (χ1) is 13.1. The smallest absolute Gasteiger partial charge is 0.331 e. The summed E-state index contributed by atoms with van der Waals surface area (Å²) >= 11 is 0. The van der Waals surface area contributed by atoms with E-state index in [0.29, 0.717) is 25.7 Å². The molecule has 0 aromatic carbocycles. The highest BCUT2D eigenvalue weighted by atomic mass is 16.6. The van der Waals surface area contributed by atoms with Crippen LogP contribution in [0.1, 0.15) is 59.8 Å². The third kappa shape index (κ3) is 2.99. The van der Waals surface area contributed by atoms with Crippen molar-refractivity contribution in [1.29, 1.82) is 0 Å². The first-order valence-corrected chi connectivity index (χ1v) is 9.74. The lowest BCUT2D eigenvalue weighted by Crippen LogP contribution is -2.65. The summed E-state index contributed by atoms with van der Waals surface area (Å²) in [6.07, 6.45) is 10.1. The molecule has 0 unspecified atom stereocenters. The minimum Gasteiger partial charge on any atom is -0.478 e. The predicted molar refractivity (Wildman–Crippen MR) is 102 cm³/mol. The maximum absolute atomic E-state index is 13.3. The van der Waals surface area contributed by atoms with Crippen LogP contribution in [0.4, 0.5) is 0 Å². The lowest BCUT2D eigenvalue weighted by molar-refractivity contribution is -0.235. The number of aliphatic carboxylic acids is 1. The molecular weight excluding hydrogens is 360 g/mol. The third-order valence-electron chi connectivity index (χ3n) is 6.75. The molecule has 2 aliphatic carbocycles. The molecule has 0 aromatic heterocycles. The van der Waals surface area contributed by atoms with E-state index in [1.54, 1.807) is 12.2 Å².